The maximum Gasteiger partial charge on any atom is 0.245 e. The van der Waals surface area contributed by atoms with Crippen LogP contribution in [0.3, 0.4) is 0 Å². The van der Waals surface area contributed by atoms with Gasteiger partial charge >= 0.3 is 0 Å². The summed E-state index contributed by atoms with van der Waals surface area (Å²) >= 11 is 10.9. The molecule has 0 fully saturated rings. The van der Waals surface area contributed by atoms with Crippen molar-refractivity contribution in [1.29, 1.82) is 21.0 Å². The van der Waals surface area contributed by atoms with Crippen molar-refractivity contribution in [3.05, 3.63) is 10.1 Å². The summed E-state index contributed by atoms with van der Waals surface area (Å²) in [6.07, 6.45) is 0. The average molecular weight is 279 g/mol. The van der Waals surface area contributed by atoms with Crippen molar-refractivity contribution in [3.8, 4) is 24.3 Å². The van der Waals surface area contributed by atoms with Crippen LogP contribution >= 0.6 is 23.2 Å². The van der Waals surface area contributed by atoms with Crippen molar-refractivity contribution >= 4 is 34.8 Å². The van der Waals surface area contributed by atoms with Crippen LogP contribution in [0.25, 0.3) is 0 Å². The molecule has 0 aromatic rings. The monoisotopic (exact) mass is 278 g/mol. The molecule has 0 unspecified atom stereocenters. The zero-order valence-electron chi connectivity index (χ0n) is 8.36. The van der Waals surface area contributed by atoms with Crippen molar-refractivity contribution in [2.75, 3.05) is 0 Å². The van der Waals surface area contributed by atoms with E-state index in [9.17, 15) is 9.59 Å². The van der Waals surface area contributed by atoms with E-state index in [-0.39, 0.29) is 0 Å². The number of rotatable bonds is 0. The van der Waals surface area contributed by atoms with Gasteiger partial charge in [0.1, 0.15) is 10.1 Å². The lowest BCUT2D eigenvalue weighted by molar-refractivity contribution is -0.131. The van der Waals surface area contributed by atoms with Crippen molar-refractivity contribution in [1.82, 2.24) is 0 Å². The minimum atomic E-state index is -2.82. The Morgan fingerprint density at radius 1 is 0.722 bits per heavy atom. The van der Waals surface area contributed by atoms with E-state index in [0.29, 0.717) is 0 Å². The largest absolute Gasteiger partial charge is 0.290 e. The van der Waals surface area contributed by atoms with Crippen molar-refractivity contribution in [3.63, 3.8) is 0 Å². The van der Waals surface area contributed by atoms with E-state index in [2.05, 4.69) is 0 Å². The normalized spacial score (nSPS) is 20.3. The van der Waals surface area contributed by atoms with Crippen molar-refractivity contribution in [2.45, 2.75) is 0 Å². The Hall–Kier alpha value is -2.38. The summed E-state index contributed by atoms with van der Waals surface area (Å²) in [6.45, 7) is 0. The fraction of sp³-hybridized carbons (Fsp3) is 0.200. The highest BCUT2D eigenvalue weighted by Gasteiger charge is 2.68. The highest BCUT2D eigenvalue weighted by atomic mass is 35.5. The summed E-state index contributed by atoms with van der Waals surface area (Å²) in [6, 6.07) is 4.95. The molecule has 0 aromatic heterocycles. The molecule has 0 saturated heterocycles. The van der Waals surface area contributed by atoms with E-state index in [4.69, 9.17) is 44.2 Å². The molecule has 0 aromatic carbocycles. The van der Waals surface area contributed by atoms with Gasteiger partial charge in [0.05, 0.1) is 24.3 Å². The number of hydrogen-bond acceptors (Lipinski definition) is 6. The molecule has 0 N–H and O–H groups in total. The predicted molar refractivity (Wildman–Crippen MR) is 56.1 cm³/mol. The summed E-state index contributed by atoms with van der Waals surface area (Å²) < 4.78 is 0. The van der Waals surface area contributed by atoms with Gasteiger partial charge in [-0.3, -0.25) is 9.59 Å². The second-order valence-electron chi connectivity index (χ2n) is 3.23. The summed E-state index contributed by atoms with van der Waals surface area (Å²) in [5.41, 5.74) is -5.63. The Morgan fingerprint density at radius 3 is 1.11 bits per heavy atom. The third kappa shape index (κ3) is 1.19. The molecule has 0 amide bonds. The van der Waals surface area contributed by atoms with Gasteiger partial charge in [0, 0.05) is 0 Å². The SMILES string of the molecule is N#CC1(C#N)C(=O)C(Cl)=C(Cl)C(=O)C1(C#N)C#N. The van der Waals surface area contributed by atoms with E-state index in [1.165, 1.54) is 24.3 Å². The minimum Gasteiger partial charge on any atom is -0.290 e. The third-order valence-corrected chi connectivity index (χ3v) is 3.32. The number of carbonyl (C=O) groups excluding carboxylic acids is 2. The first-order valence-corrected chi connectivity index (χ1v) is 4.94. The Balaban J connectivity index is 3.95. The molecule has 0 atom stereocenters. The van der Waals surface area contributed by atoms with Crippen LogP contribution in [0.15, 0.2) is 10.1 Å². The van der Waals surface area contributed by atoms with Gasteiger partial charge in [0.2, 0.25) is 22.4 Å². The van der Waals surface area contributed by atoms with Gasteiger partial charge in [-0.1, -0.05) is 23.2 Å². The lowest BCUT2D eigenvalue weighted by Gasteiger charge is -2.31. The quantitative estimate of drug-likeness (QED) is 0.647. The van der Waals surface area contributed by atoms with Gasteiger partial charge in [0.25, 0.3) is 0 Å². The van der Waals surface area contributed by atoms with Crippen molar-refractivity contribution < 1.29 is 9.59 Å². The molecular weight excluding hydrogens is 279 g/mol. The standard InChI is InChI=1S/C10Cl2N4O2/c11-5-6(12)8(18)10(3-15,4-16)9(1-13,2-14)7(5)17. The number of allylic oxidation sites excluding steroid dienone is 2. The Morgan fingerprint density at radius 2 is 0.944 bits per heavy atom. The van der Waals surface area contributed by atoms with Crippen LogP contribution in [0, 0.1) is 56.2 Å². The van der Waals surface area contributed by atoms with Crippen molar-refractivity contribution in [2.24, 2.45) is 10.8 Å². The van der Waals surface area contributed by atoms with E-state index in [1.54, 1.807) is 0 Å². The number of halogens is 2. The van der Waals surface area contributed by atoms with Crippen LogP contribution in [0.1, 0.15) is 0 Å². The van der Waals surface area contributed by atoms with Gasteiger partial charge < -0.3 is 0 Å². The first-order valence-electron chi connectivity index (χ1n) is 4.18. The lowest BCUT2D eigenvalue weighted by atomic mass is 9.59. The Bertz CT molecular complexity index is 580. The molecule has 6 nitrogen and oxygen atoms in total. The van der Waals surface area contributed by atoms with Gasteiger partial charge in [-0.05, 0) is 0 Å². The zero-order valence-corrected chi connectivity index (χ0v) is 9.87. The highest BCUT2D eigenvalue weighted by molar-refractivity contribution is 6.57. The first-order chi connectivity index (χ1) is 8.38. The molecule has 8 heteroatoms. The summed E-state index contributed by atoms with van der Waals surface area (Å²) in [5, 5.41) is 34.2. The summed E-state index contributed by atoms with van der Waals surface area (Å²) in [5.74, 6) is -2.66. The second-order valence-corrected chi connectivity index (χ2v) is 3.99. The molecule has 0 heterocycles. The molecule has 18 heavy (non-hydrogen) atoms. The van der Waals surface area contributed by atoms with E-state index in [0.717, 1.165) is 0 Å². The number of carbonyl (C=O) groups is 2. The highest BCUT2D eigenvalue weighted by Crippen LogP contribution is 2.48. The van der Waals surface area contributed by atoms with Gasteiger partial charge in [-0.25, -0.2) is 0 Å². The van der Waals surface area contributed by atoms with Crippen LogP contribution in [-0.2, 0) is 9.59 Å². The smallest absolute Gasteiger partial charge is 0.245 e. The zero-order chi connectivity index (χ0) is 14.1. The molecule has 0 aliphatic heterocycles. The van der Waals surface area contributed by atoms with Crippen LogP contribution in [0.5, 0.6) is 0 Å². The van der Waals surface area contributed by atoms with E-state index >= 15 is 0 Å². The molecule has 0 saturated carbocycles. The van der Waals surface area contributed by atoms with Crippen LogP contribution < -0.4 is 0 Å². The average Bonchev–Trinajstić information content (AvgIpc) is 2.41. The number of hydrogen-bond donors (Lipinski definition) is 0. The first kappa shape index (κ1) is 13.7. The number of ketones is 2. The molecule has 1 aliphatic rings. The molecule has 0 bridgehead atoms. The van der Waals surface area contributed by atoms with Gasteiger partial charge in [0.15, 0.2) is 0 Å². The Labute approximate surface area is 111 Å². The summed E-state index contributed by atoms with van der Waals surface area (Å²) in [4.78, 5) is 23.7. The van der Waals surface area contributed by atoms with Gasteiger partial charge in [-0.2, -0.15) is 21.0 Å². The topological polar surface area (TPSA) is 129 Å². The second kappa shape index (κ2) is 4.13. The van der Waals surface area contributed by atoms with Crippen LogP contribution in [-0.4, -0.2) is 11.6 Å². The molecule has 1 rings (SSSR count). The number of nitriles is 4. The fourth-order valence-corrected chi connectivity index (χ4v) is 1.91. The molecule has 0 spiro atoms. The maximum atomic E-state index is 11.8. The predicted octanol–water partition coefficient (Wildman–Crippen LogP) is 0.895. The number of Topliss-reactive ketones (excluding diaryl/α,β-unsaturated/α-hetero) is 2. The summed E-state index contributed by atoms with van der Waals surface area (Å²) in [7, 11) is 0. The lowest BCUT2D eigenvalue weighted by Crippen LogP contribution is -2.53. The molecular formula is C10Cl2N4O2. The van der Waals surface area contributed by atoms with Crippen LogP contribution in [0.2, 0.25) is 0 Å². The number of nitrogens with zero attached hydrogens (tertiary/aromatic N) is 4. The third-order valence-electron chi connectivity index (χ3n) is 2.51. The maximum absolute atomic E-state index is 11.8. The fourth-order valence-electron chi connectivity index (χ4n) is 1.46. The molecule has 86 valence electrons. The van der Waals surface area contributed by atoms with Crippen LogP contribution in [0.4, 0.5) is 0 Å². The molecule has 0 radical (unpaired) electrons. The minimum absolute atomic E-state index is 0.828. The van der Waals surface area contributed by atoms with E-state index < -0.39 is 32.5 Å². The molecule has 1 aliphatic carbocycles. The van der Waals surface area contributed by atoms with E-state index in [1.807, 2.05) is 0 Å². The Kier molecular flexibility index (Phi) is 3.14. The van der Waals surface area contributed by atoms with Gasteiger partial charge in [-0.15, -0.1) is 0 Å².